The van der Waals surface area contributed by atoms with Crippen molar-refractivity contribution in [2.75, 3.05) is 11.9 Å². The number of benzene rings is 1. The van der Waals surface area contributed by atoms with Gasteiger partial charge in [0, 0.05) is 18.4 Å². The number of nitrogens with zero attached hydrogens (tertiary/aromatic N) is 2. The van der Waals surface area contributed by atoms with E-state index >= 15 is 0 Å². The molecule has 132 valence electrons. The Labute approximate surface area is 151 Å². The molecule has 0 spiro atoms. The van der Waals surface area contributed by atoms with Crippen LogP contribution in [0.15, 0.2) is 61.3 Å². The molecule has 6 heteroatoms. The summed E-state index contributed by atoms with van der Waals surface area (Å²) in [5.74, 6) is -0.568. The lowest BCUT2D eigenvalue weighted by Crippen LogP contribution is -2.24. The van der Waals surface area contributed by atoms with Crippen LogP contribution in [0.25, 0.3) is 5.52 Å². The summed E-state index contributed by atoms with van der Waals surface area (Å²) in [5, 5.41) is 5.52. The summed E-state index contributed by atoms with van der Waals surface area (Å²) in [4.78, 5) is 29.3. The zero-order valence-corrected chi connectivity index (χ0v) is 14.5. The first-order valence-corrected chi connectivity index (χ1v) is 8.40. The van der Waals surface area contributed by atoms with Crippen molar-refractivity contribution in [3.63, 3.8) is 0 Å². The number of rotatable bonds is 6. The number of nitrogens with one attached hydrogen (secondary N) is 2. The molecule has 0 saturated carbocycles. The SMILES string of the molecule is C=CCNC(=O)c1nc(C(=O)Nc2ccc(CC)cc2)n2ccccc12. The normalized spacial score (nSPS) is 10.5. The molecule has 3 rings (SSSR count). The van der Waals surface area contributed by atoms with Gasteiger partial charge in [0.15, 0.2) is 5.69 Å². The van der Waals surface area contributed by atoms with Gasteiger partial charge in [0.1, 0.15) is 0 Å². The van der Waals surface area contributed by atoms with E-state index in [-0.39, 0.29) is 23.3 Å². The third-order valence-electron chi connectivity index (χ3n) is 3.99. The molecule has 0 aliphatic carbocycles. The first-order valence-electron chi connectivity index (χ1n) is 8.40. The van der Waals surface area contributed by atoms with E-state index in [0.717, 1.165) is 6.42 Å². The highest BCUT2D eigenvalue weighted by atomic mass is 16.2. The number of hydrogen-bond donors (Lipinski definition) is 2. The third-order valence-corrected chi connectivity index (χ3v) is 3.99. The van der Waals surface area contributed by atoms with Crippen LogP contribution >= 0.6 is 0 Å². The highest BCUT2D eigenvalue weighted by Gasteiger charge is 2.21. The molecule has 6 nitrogen and oxygen atoms in total. The van der Waals surface area contributed by atoms with Gasteiger partial charge in [0.05, 0.1) is 5.52 Å². The molecule has 0 saturated heterocycles. The second kappa shape index (κ2) is 7.65. The number of amides is 2. The number of aryl methyl sites for hydroxylation is 1. The fourth-order valence-electron chi connectivity index (χ4n) is 2.62. The Morgan fingerprint density at radius 1 is 1.15 bits per heavy atom. The molecule has 26 heavy (non-hydrogen) atoms. The molecule has 3 aromatic rings. The minimum Gasteiger partial charge on any atom is -0.347 e. The lowest BCUT2D eigenvalue weighted by molar-refractivity contribution is 0.0955. The molecule has 0 aliphatic rings. The first-order chi connectivity index (χ1) is 12.6. The summed E-state index contributed by atoms with van der Waals surface area (Å²) in [6.45, 7) is 5.98. The minimum absolute atomic E-state index is 0.156. The molecular formula is C20H20N4O2. The van der Waals surface area contributed by atoms with Gasteiger partial charge in [-0.15, -0.1) is 6.58 Å². The summed E-state index contributed by atoms with van der Waals surface area (Å²) in [6, 6.07) is 13.0. The van der Waals surface area contributed by atoms with Gasteiger partial charge in [-0.25, -0.2) is 4.98 Å². The Balaban J connectivity index is 1.92. The lowest BCUT2D eigenvalue weighted by atomic mass is 10.1. The van der Waals surface area contributed by atoms with Gasteiger partial charge in [0.25, 0.3) is 11.8 Å². The summed E-state index contributed by atoms with van der Waals surface area (Å²) >= 11 is 0. The molecule has 2 amide bonds. The Kier molecular flexibility index (Phi) is 5.12. The Bertz CT molecular complexity index is 958. The van der Waals surface area contributed by atoms with E-state index in [2.05, 4.69) is 29.1 Å². The maximum absolute atomic E-state index is 12.7. The molecule has 2 heterocycles. The van der Waals surface area contributed by atoms with Gasteiger partial charge in [-0.1, -0.05) is 31.2 Å². The van der Waals surface area contributed by atoms with Crippen molar-refractivity contribution in [1.82, 2.24) is 14.7 Å². The van der Waals surface area contributed by atoms with Crippen molar-refractivity contribution in [3.8, 4) is 0 Å². The molecule has 0 fully saturated rings. The Hall–Kier alpha value is -3.41. The van der Waals surface area contributed by atoms with Crippen LogP contribution in [0, 0.1) is 0 Å². The quantitative estimate of drug-likeness (QED) is 0.672. The lowest BCUT2D eigenvalue weighted by Gasteiger charge is -2.05. The number of fused-ring (bicyclic) bond motifs is 1. The van der Waals surface area contributed by atoms with E-state index in [1.165, 1.54) is 5.56 Å². The van der Waals surface area contributed by atoms with Gasteiger partial charge in [-0.05, 0) is 36.2 Å². The summed E-state index contributed by atoms with van der Waals surface area (Å²) < 4.78 is 1.61. The van der Waals surface area contributed by atoms with Crippen LogP contribution in [-0.4, -0.2) is 27.7 Å². The van der Waals surface area contributed by atoms with Crippen molar-refractivity contribution in [2.24, 2.45) is 0 Å². The van der Waals surface area contributed by atoms with Crippen molar-refractivity contribution >= 4 is 23.0 Å². The van der Waals surface area contributed by atoms with E-state index in [0.29, 0.717) is 17.7 Å². The number of imidazole rings is 1. The standard InChI is InChI=1S/C20H20N4O2/c1-3-12-21-19(25)17-16-7-5-6-13-24(16)18(23-17)20(26)22-15-10-8-14(4-2)9-11-15/h3,5-11,13H,1,4,12H2,2H3,(H,21,25)(H,22,26). The van der Waals surface area contributed by atoms with Crippen molar-refractivity contribution in [1.29, 1.82) is 0 Å². The predicted octanol–water partition coefficient (Wildman–Crippen LogP) is 3.06. The molecule has 0 unspecified atom stereocenters. The first kappa shape index (κ1) is 17.4. The molecule has 2 aromatic heterocycles. The molecule has 0 aliphatic heterocycles. The number of carbonyl (C=O) groups excluding carboxylic acids is 2. The maximum Gasteiger partial charge on any atom is 0.292 e. The van der Waals surface area contributed by atoms with Crippen LogP contribution in [0.4, 0.5) is 5.69 Å². The minimum atomic E-state index is -0.377. The maximum atomic E-state index is 12.7. The number of pyridine rings is 1. The van der Waals surface area contributed by atoms with Crippen LogP contribution in [0.3, 0.4) is 0 Å². The highest BCUT2D eigenvalue weighted by molar-refractivity contribution is 6.06. The van der Waals surface area contributed by atoms with E-state index in [9.17, 15) is 9.59 Å². The van der Waals surface area contributed by atoms with Crippen LogP contribution < -0.4 is 10.6 Å². The van der Waals surface area contributed by atoms with Crippen LogP contribution in [0.2, 0.25) is 0 Å². The van der Waals surface area contributed by atoms with E-state index in [1.807, 2.05) is 24.3 Å². The molecule has 0 bridgehead atoms. The van der Waals surface area contributed by atoms with Gasteiger partial charge < -0.3 is 10.6 Å². The van der Waals surface area contributed by atoms with Crippen LogP contribution in [0.5, 0.6) is 0 Å². The van der Waals surface area contributed by atoms with Crippen molar-refractivity contribution in [2.45, 2.75) is 13.3 Å². The summed E-state index contributed by atoms with van der Waals surface area (Å²) in [5.41, 5.74) is 2.65. The fraction of sp³-hybridized carbons (Fsp3) is 0.150. The second-order valence-corrected chi connectivity index (χ2v) is 5.74. The van der Waals surface area contributed by atoms with Crippen molar-refractivity contribution in [3.05, 3.63) is 78.4 Å². The summed E-state index contributed by atoms with van der Waals surface area (Å²) in [7, 11) is 0. The second-order valence-electron chi connectivity index (χ2n) is 5.74. The average Bonchev–Trinajstić information content (AvgIpc) is 3.06. The van der Waals surface area contributed by atoms with E-state index < -0.39 is 0 Å². The number of aromatic nitrogens is 2. The highest BCUT2D eigenvalue weighted by Crippen LogP contribution is 2.16. The number of anilines is 1. The third kappa shape index (κ3) is 3.49. The molecule has 0 radical (unpaired) electrons. The largest absolute Gasteiger partial charge is 0.347 e. The predicted molar refractivity (Wildman–Crippen MR) is 101 cm³/mol. The van der Waals surface area contributed by atoms with E-state index in [4.69, 9.17) is 0 Å². The molecule has 1 aromatic carbocycles. The average molecular weight is 348 g/mol. The monoisotopic (exact) mass is 348 g/mol. The topological polar surface area (TPSA) is 75.5 Å². The van der Waals surface area contributed by atoms with Crippen molar-refractivity contribution < 1.29 is 9.59 Å². The van der Waals surface area contributed by atoms with Crippen LogP contribution in [-0.2, 0) is 6.42 Å². The molecule has 2 N–H and O–H groups in total. The summed E-state index contributed by atoms with van der Waals surface area (Å²) in [6.07, 6.45) is 4.23. The van der Waals surface area contributed by atoms with E-state index in [1.54, 1.807) is 34.9 Å². The smallest absolute Gasteiger partial charge is 0.292 e. The Morgan fingerprint density at radius 2 is 1.92 bits per heavy atom. The van der Waals surface area contributed by atoms with Gasteiger partial charge in [0.2, 0.25) is 5.82 Å². The Morgan fingerprint density at radius 3 is 2.62 bits per heavy atom. The number of carbonyl (C=O) groups is 2. The molecular weight excluding hydrogens is 328 g/mol. The molecule has 0 atom stereocenters. The van der Waals surface area contributed by atoms with Gasteiger partial charge in [-0.2, -0.15) is 0 Å². The van der Waals surface area contributed by atoms with Gasteiger partial charge >= 0.3 is 0 Å². The van der Waals surface area contributed by atoms with Gasteiger partial charge in [-0.3, -0.25) is 14.0 Å². The zero-order valence-electron chi connectivity index (χ0n) is 14.5. The fourth-order valence-corrected chi connectivity index (χ4v) is 2.62. The zero-order chi connectivity index (χ0) is 18.5. The number of hydrogen-bond acceptors (Lipinski definition) is 3. The van der Waals surface area contributed by atoms with Crippen LogP contribution in [0.1, 0.15) is 33.6 Å².